The Labute approximate surface area is 139 Å². The van der Waals surface area contributed by atoms with Gasteiger partial charge in [0.1, 0.15) is 0 Å². The van der Waals surface area contributed by atoms with Crippen molar-refractivity contribution >= 4 is 23.2 Å². The normalized spacial score (nSPS) is 11.1. The van der Waals surface area contributed by atoms with Crippen LogP contribution in [0.4, 0.5) is 5.69 Å². The van der Waals surface area contributed by atoms with Crippen LogP contribution >= 0.6 is 11.6 Å². The van der Waals surface area contributed by atoms with E-state index in [-0.39, 0.29) is 17.0 Å². The van der Waals surface area contributed by atoms with Gasteiger partial charge in [-0.3, -0.25) is 14.9 Å². The summed E-state index contributed by atoms with van der Waals surface area (Å²) in [6.07, 6.45) is 0. The second-order valence-electron chi connectivity index (χ2n) is 5.88. The molecule has 5 nitrogen and oxygen atoms in total. The molecule has 0 radical (unpaired) electrons. The number of nitro benzene ring substituents is 1. The fourth-order valence-electron chi connectivity index (χ4n) is 2.14. The number of non-ortho nitro benzene ring substituents is 1. The van der Waals surface area contributed by atoms with Gasteiger partial charge in [-0.2, -0.15) is 0 Å². The van der Waals surface area contributed by atoms with Gasteiger partial charge in [0.05, 0.1) is 4.92 Å². The monoisotopic (exact) mass is 332 g/mol. The van der Waals surface area contributed by atoms with E-state index in [9.17, 15) is 14.9 Å². The number of nitrogens with one attached hydrogen (secondary N) is 1. The van der Waals surface area contributed by atoms with Crippen LogP contribution in [0.3, 0.4) is 0 Å². The molecule has 2 rings (SSSR count). The standard InChI is InChI=1S/C17H17ClN2O3/c1-17(2,13-5-7-14(18)8-6-13)11-19-16(21)12-3-9-15(10-4-12)20(22)23/h3-10H,11H2,1-2H3,(H,19,21). The zero-order valence-electron chi connectivity index (χ0n) is 12.9. The molecule has 0 atom stereocenters. The molecule has 2 aromatic carbocycles. The molecule has 0 aliphatic carbocycles. The van der Waals surface area contributed by atoms with Crippen molar-refractivity contribution in [1.29, 1.82) is 0 Å². The van der Waals surface area contributed by atoms with E-state index in [0.717, 1.165) is 5.56 Å². The van der Waals surface area contributed by atoms with Crippen molar-refractivity contribution in [1.82, 2.24) is 5.32 Å². The van der Waals surface area contributed by atoms with E-state index >= 15 is 0 Å². The summed E-state index contributed by atoms with van der Waals surface area (Å²) < 4.78 is 0. The highest BCUT2D eigenvalue weighted by Gasteiger charge is 2.21. The van der Waals surface area contributed by atoms with Crippen molar-refractivity contribution in [3.63, 3.8) is 0 Å². The highest BCUT2D eigenvalue weighted by molar-refractivity contribution is 6.30. The third kappa shape index (κ3) is 4.29. The Kier molecular flexibility index (Phi) is 5.01. The van der Waals surface area contributed by atoms with E-state index in [1.54, 1.807) is 0 Å². The highest BCUT2D eigenvalue weighted by atomic mass is 35.5. The number of hydrogen-bond acceptors (Lipinski definition) is 3. The molecule has 0 aliphatic heterocycles. The van der Waals surface area contributed by atoms with Gasteiger partial charge in [0, 0.05) is 34.7 Å². The minimum absolute atomic E-state index is 0.0388. The molecule has 1 N–H and O–H groups in total. The van der Waals surface area contributed by atoms with Crippen LogP contribution in [0.1, 0.15) is 29.8 Å². The number of carbonyl (C=O) groups is 1. The number of nitrogens with zero attached hydrogens (tertiary/aromatic N) is 1. The van der Waals surface area contributed by atoms with Gasteiger partial charge in [-0.15, -0.1) is 0 Å². The first kappa shape index (κ1) is 17.0. The first-order valence-corrected chi connectivity index (χ1v) is 7.46. The number of hydrogen-bond donors (Lipinski definition) is 1. The van der Waals surface area contributed by atoms with Crippen LogP contribution in [-0.2, 0) is 5.41 Å². The molecule has 0 heterocycles. The molecular weight excluding hydrogens is 316 g/mol. The Morgan fingerprint density at radius 3 is 2.22 bits per heavy atom. The summed E-state index contributed by atoms with van der Waals surface area (Å²) in [5.74, 6) is -0.262. The number of benzene rings is 2. The van der Waals surface area contributed by atoms with Crippen molar-refractivity contribution in [2.45, 2.75) is 19.3 Å². The molecule has 0 saturated heterocycles. The number of halogens is 1. The van der Waals surface area contributed by atoms with Crippen molar-refractivity contribution < 1.29 is 9.72 Å². The lowest BCUT2D eigenvalue weighted by molar-refractivity contribution is -0.384. The van der Waals surface area contributed by atoms with E-state index in [0.29, 0.717) is 17.1 Å². The van der Waals surface area contributed by atoms with E-state index < -0.39 is 4.92 Å². The molecule has 6 heteroatoms. The quantitative estimate of drug-likeness (QED) is 0.665. The lowest BCUT2D eigenvalue weighted by atomic mass is 9.84. The first-order valence-electron chi connectivity index (χ1n) is 7.08. The SMILES string of the molecule is CC(C)(CNC(=O)c1ccc([N+](=O)[O-])cc1)c1ccc(Cl)cc1. The Morgan fingerprint density at radius 1 is 1.13 bits per heavy atom. The highest BCUT2D eigenvalue weighted by Crippen LogP contribution is 2.24. The van der Waals surface area contributed by atoms with Crippen molar-refractivity contribution in [2.75, 3.05) is 6.54 Å². The number of nitro groups is 1. The van der Waals surface area contributed by atoms with Gasteiger partial charge in [0.15, 0.2) is 0 Å². The maximum atomic E-state index is 12.2. The molecule has 120 valence electrons. The lowest BCUT2D eigenvalue weighted by Gasteiger charge is -2.25. The van der Waals surface area contributed by atoms with E-state index in [4.69, 9.17) is 11.6 Å². The van der Waals surface area contributed by atoms with Crippen molar-refractivity contribution in [3.05, 3.63) is 74.8 Å². The minimum Gasteiger partial charge on any atom is -0.351 e. The van der Waals surface area contributed by atoms with Gasteiger partial charge in [0.25, 0.3) is 11.6 Å². The smallest absolute Gasteiger partial charge is 0.269 e. The maximum absolute atomic E-state index is 12.2. The molecule has 0 fully saturated rings. The molecule has 0 aliphatic rings. The van der Waals surface area contributed by atoms with Gasteiger partial charge in [0.2, 0.25) is 0 Å². The number of amides is 1. The summed E-state index contributed by atoms with van der Waals surface area (Å²) in [5, 5.41) is 14.1. The Morgan fingerprint density at radius 2 is 1.70 bits per heavy atom. The minimum atomic E-state index is -0.495. The molecule has 0 aromatic heterocycles. The molecule has 0 unspecified atom stereocenters. The molecular formula is C17H17ClN2O3. The Hall–Kier alpha value is -2.40. The van der Waals surface area contributed by atoms with E-state index in [1.165, 1.54) is 24.3 Å². The van der Waals surface area contributed by atoms with Crippen LogP contribution in [0, 0.1) is 10.1 Å². The third-order valence-electron chi connectivity index (χ3n) is 3.66. The van der Waals surface area contributed by atoms with E-state index in [2.05, 4.69) is 5.32 Å². The fourth-order valence-corrected chi connectivity index (χ4v) is 2.27. The Bertz CT molecular complexity index is 710. The average Bonchev–Trinajstić information content (AvgIpc) is 2.53. The van der Waals surface area contributed by atoms with Gasteiger partial charge in [-0.1, -0.05) is 37.6 Å². The van der Waals surface area contributed by atoms with Gasteiger partial charge in [-0.25, -0.2) is 0 Å². The van der Waals surface area contributed by atoms with Crippen LogP contribution in [0.2, 0.25) is 5.02 Å². The van der Waals surface area contributed by atoms with Crippen molar-refractivity contribution in [3.8, 4) is 0 Å². The predicted molar refractivity (Wildman–Crippen MR) is 89.9 cm³/mol. The summed E-state index contributed by atoms with van der Waals surface area (Å²) in [4.78, 5) is 22.3. The second kappa shape index (κ2) is 6.79. The molecule has 23 heavy (non-hydrogen) atoms. The zero-order chi connectivity index (χ0) is 17.0. The van der Waals surface area contributed by atoms with Gasteiger partial charge in [-0.05, 0) is 29.8 Å². The molecule has 1 amide bonds. The maximum Gasteiger partial charge on any atom is 0.269 e. The summed E-state index contributed by atoms with van der Waals surface area (Å²) >= 11 is 5.89. The van der Waals surface area contributed by atoms with Crippen molar-refractivity contribution in [2.24, 2.45) is 0 Å². The Balaban J connectivity index is 2.02. The zero-order valence-corrected chi connectivity index (χ0v) is 13.6. The molecule has 0 spiro atoms. The molecule has 2 aromatic rings. The second-order valence-corrected chi connectivity index (χ2v) is 6.31. The summed E-state index contributed by atoms with van der Waals surface area (Å²) in [5.41, 5.74) is 1.15. The molecule has 0 saturated carbocycles. The van der Waals surface area contributed by atoms with Gasteiger partial charge < -0.3 is 5.32 Å². The van der Waals surface area contributed by atoms with Crippen LogP contribution in [-0.4, -0.2) is 17.4 Å². The largest absolute Gasteiger partial charge is 0.351 e. The van der Waals surface area contributed by atoms with Crippen LogP contribution in [0.25, 0.3) is 0 Å². The lowest BCUT2D eigenvalue weighted by Crippen LogP contribution is -2.36. The van der Waals surface area contributed by atoms with Gasteiger partial charge >= 0.3 is 0 Å². The topological polar surface area (TPSA) is 72.2 Å². The number of rotatable bonds is 5. The summed E-state index contributed by atoms with van der Waals surface area (Å²) in [6, 6.07) is 13.0. The van der Waals surface area contributed by atoms with E-state index in [1.807, 2.05) is 38.1 Å². The van der Waals surface area contributed by atoms with Crippen LogP contribution in [0.15, 0.2) is 48.5 Å². The molecule has 0 bridgehead atoms. The predicted octanol–water partition coefficient (Wildman–Crippen LogP) is 3.96. The van der Waals surface area contributed by atoms with Crippen LogP contribution in [0.5, 0.6) is 0 Å². The third-order valence-corrected chi connectivity index (χ3v) is 3.91. The van der Waals surface area contributed by atoms with Crippen LogP contribution < -0.4 is 5.32 Å². The summed E-state index contributed by atoms with van der Waals surface area (Å²) in [7, 11) is 0. The fraction of sp³-hybridized carbons (Fsp3) is 0.235. The number of carbonyl (C=O) groups excluding carboxylic acids is 1. The summed E-state index contributed by atoms with van der Waals surface area (Å²) in [6.45, 7) is 4.48. The average molecular weight is 333 g/mol. The first-order chi connectivity index (χ1) is 10.8.